The Morgan fingerprint density at radius 3 is 2.65 bits per heavy atom. The number of hydrogen-bond donors (Lipinski definition) is 1. The fraction of sp³-hybridized carbons (Fsp3) is 0.533. The van der Waals surface area contributed by atoms with Crippen molar-refractivity contribution in [1.29, 1.82) is 0 Å². The number of aliphatic hydroxyl groups excluding tert-OH is 1. The van der Waals surface area contributed by atoms with Gasteiger partial charge in [-0.3, -0.25) is 4.79 Å². The standard InChI is InChI=1S/C15H22BrNO2S/c1-4-17(6-5-7-18)15(19)10-20-14-9-11(2)13(16)8-12(14)3/h8-9,18H,4-7,10H2,1-3H3. The topological polar surface area (TPSA) is 40.5 Å². The van der Waals surface area contributed by atoms with E-state index in [-0.39, 0.29) is 12.5 Å². The van der Waals surface area contributed by atoms with Crippen LogP contribution < -0.4 is 0 Å². The van der Waals surface area contributed by atoms with Crippen molar-refractivity contribution >= 4 is 33.6 Å². The summed E-state index contributed by atoms with van der Waals surface area (Å²) in [5.74, 6) is 0.576. The van der Waals surface area contributed by atoms with Gasteiger partial charge in [0.05, 0.1) is 5.75 Å². The van der Waals surface area contributed by atoms with E-state index in [9.17, 15) is 4.79 Å². The Bertz CT molecular complexity index is 465. The minimum absolute atomic E-state index is 0.127. The van der Waals surface area contributed by atoms with E-state index in [0.717, 1.165) is 9.37 Å². The Morgan fingerprint density at radius 2 is 2.05 bits per heavy atom. The Hall–Kier alpha value is -0.520. The van der Waals surface area contributed by atoms with Gasteiger partial charge in [0.1, 0.15) is 0 Å². The molecule has 0 unspecified atom stereocenters. The van der Waals surface area contributed by atoms with E-state index in [0.29, 0.717) is 25.3 Å². The van der Waals surface area contributed by atoms with Crippen molar-refractivity contribution in [2.75, 3.05) is 25.4 Å². The Morgan fingerprint density at radius 1 is 1.35 bits per heavy atom. The fourth-order valence-electron chi connectivity index (χ4n) is 1.86. The molecule has 20 heavy (non-hydrogen) atoms. The van der Waals surface area contributed by atoms with E-state index in [1.54, 1.807) is 16.7 Å². The van der Waals surface area contributed by atoms with Gasteiger partial charge >= 0.3 is 0 Å². The van der Waals surface area contributed by atoms with E-state index >= 15 is 0 Å². The van der Waals surface area contributed by atoms with E-state index < -0.39 is 0 Å². The SMILES string of the molecule is CCN(CCCO)C(=O)CSc1cc(C)c(Br)cc1C. The maximum absolute atomic E-state index is 12.1. The number of aryl methyl sites for hydroxylation is 2. The molecule has 5 heteroatoms. The summed E-state index contributed by atoms with van der Waals surface area (Å²) in [6.07, 6.45) is 0.640. The van der Waals surface area contributed by atoms with Gasteiger partial charge in [0.2, 0.25) is 5.91 Å². The number of halogens is 1. The van der Waals surface area contributed by atoms with Gasteiger partial charge in [-0.1, -0.05) is 15.9 Å². The van der Waals surface area contributed by atoms with Crippen LogP contribution in [0, 0.1) is 13.8 Å². The van der Waals surface area contributed by atoms with Gasteiger partial charge in [-0.15, -0.1) is 11.8 Å². The largest absolute Gasteiger partial charge is 0.396 e. The normalized spacial score (nSPS) is 10.7. The first-order valence-corrected chi connectivity index (χ1v) is 8.55. The summed E-state index contributed by atoms with van der Waals surface area (Å²) in [5.41, 5.74) is 2.36. The molecule has 0 heterocycles. The molecule has 0 saturated carbocycles. The molecule has 0 aliphatic heterocycles. The highest BCUT2D eigenvalue weighted by atomic mass is 79.9. The first kappa shape index (κ1) is 17.5. The van der Waals surface area contributed by atoms with Gasteiger partial charge < -0.3 is 10.0 Å². The van der Waals surface area contributed by atoms with E-state index in [4.69, 9.17) is 5.11 Å². The van der Waals surface area contributed by atoms with E-state index in [1.807, 2.05) is 6.92 Å². The quantitative estimate of drug-likeness (QED) is 0.758. The van der Waals surface area contributed by atoms with Crippen LogP contribution in [0.2, 0.25) is 0 Å². The number of carbonyl (C=O) groups excluding carboxylic acids is 1. The van der Waals surface area contributed by atoms with Crippen LogP contribution in [0.1, 0.15) is 24.5 Å². The summed E-state index contributed by atoms with van der Waals surface area (Å²) < 4.78 is 1.10. The highest BCUT2D eigenvalue weighted by molar-refractivity contribution is 9.10. The molecule has 0 radical (unpaired) electrons. The molecule has 0 atom stereocenters. The van der Waals surface area contributed by atoms with Crippen molar-refractivity contribution in [1.82, 2.24) is 4.90 Å². The Kier molecular flexibility index (Phi) is 7.62. The Balaban J connectivity index is 2.62. The molecule has 0 aliphatic carbocycles. The zero-order chi connectivity index (χ0) is 15.1. The number of amides is 1. The van der Waals surface area contributed by atoms with Gasteiger partial charge in [-0.2, -0.15) is 0 Å². The minimum Gasteiger partial charge on any atom is -0.396 e. The third kappa shape index (κ3) is 5.11. The molecule has 1 aromatic rings. The zero-order valence-corrected chi connectivity index (χ0v) is 14.7. The van der Waals surface area contributed by atoms with Crippen LogP contribution in [0.3, 0.4) is 0 Å². The van der Waals surface area contributed by atoms with Crippen LogP contribution in [0.15, 0.2) is 21.5 Å². The molecule has 1 rings (SSSR count). The molecule has 0 aromatic heterocycles. The molecule has 112 valence electrons. The molecule has 0 fully saturated rings. The molecule has 1 aromatic carbocycles. The van der Waals surface area contributed by atoms with Gasteiger partial charge in [-0.25, -0.2) is 0 Å². The number of hydrogen-bond acceptors (Lipinski definition) is 3. The van der Waals surface area contributed by atoms with Crippen molar-refractivity contribution in [2.24, 2.45) is 0 Å². The second kappa shape index (κ2) is 8.70. The van der Waals surface area contributed by atoms with Gasteiger partial charge in [-0.05, 0) is 50.5 Å². The van der Waals surface area contributed by atoms with Crippen LogP contribution in [-0.2, 0) is 4.79 Å². The maximum atomic E-state index is 12.1. The average molecular weight is 360 g/mol. The van der Waals surface area contributed by atoms with Crippen LogP contribution in [0.4, 0.5) is 0 Å². The summed E-state index contributed by atoms with van der Waals surface area (Å²) in [5, 5.41) is 8.85. The van der Waals surface area contributed by atoms with Crippen molar-refractivity contribution in [3.8, 4) is 0 Å². The number of thioether (sulfide) groups is 1. The zero-order valence-electron chi connectivity index (χ0n) is 12.3. The lowest BCUT2D eigenvalue weighted by Crippen LogP contribution is -2.33. The molecule has 0 aliphatic rings. The van der Waals surface area contributed by atoms with E-state index in [2.05, 4.69) is 41.9 Å². The summed E-state index contributed by atoms with van der Waals surface area (Å²) in [6.45, 7) is 7.52. The fourth-order valence-corrected chi connectivity index (χ4v) is 3.33. The molecule has 0 saturated heterocycles. The summed E-state index contributed by atoms with van der Waals surface area (Å²) in [7, 11) is 0. The van der Waals surface area contributed by atoms with Gasteiger partial charge in [0, 0.05) is 29.1 Å². The summed E-state index contributed by atoms with van der Waals surface area (Å²) >= 11 is 5.10. The van der Waals surface area contributed by atoms with Crippen LogP contribution in [-0.4, -0.2) is 41.4 Å². The highest BCUT2D eigenvalue weighted by Gasteiger charge is 2.12. The molecule has 1 N–H and O–H groups in total. The smallest absolute Gasteiger partial charge is 0.232 e. The van der Waals surface area contributed by atoms with E-state index in [1.165, 1.54) is 11.1 Å². The number of benzene rings is 1. The molecular formula is C15H22BrNO2S. The Labute approximate surface area is 133 Å². The average Bonchev–Trinajstić information content (AvgIpc) is 2.42. The predicted molar refractivity (Wildman–Crippen MR) is 88.3 cm³/mol. The number of carbonyl (C=O) groups is 1. The van der Waals surface area contributed by atoms with Gasteiger partial charge in [0.15, 0.2) is 0 Å². The number of nitrogens with zero attached hydrogens (tertiary/aromatic N) is 1. The first-order valence-electron chi connectivity index (χ1n) is 6.77. The molecule has 0 bridgehead atoms. The molecule has 1 amide bonds. The van der Waals surface area contributed by atoms with Crippen molar-refractivity contribution in [3.63, 3.8) is 0 Å². The van der Waals surface area contributed by atoms with Crippen molar-refractivity contribution in [3.05, 3.63) is 27.7 Å². The van der Waals surface area contributed by atoms with Crippen LogP contribution >= 0.6 is 27.7 Å². The maximum Gasteiger partial charge on any atom is 0.232 e. The second-order valence-corrected chi connectivity index (χ2v) is 6.58. The lowest BCUT2D eigenvalue weighted by molar-refractivity contribution is -0.128. The molecule has 3 nitrogen and oxygen atoms in total. The number of aliphatic hydroxyl groups is 1. The second-order valence-electron chi connectivity index (χ2n) is 4.71. The number of rotatable bonds is 7. The molecule has 0 spiro atoms. The lowest BCUT2D eigenvalue weighted by atomic mass is 10.2. The summed E-state index contributed by atoms with van der Waals surface area (Å²) in [4.78, 5) is 15.1. The minimum atomic E-state index is 0.127. The third-order valence-corrected chi connectivity index (χ3v) is 5.12. The lowest BCUT2D eigenvalue weighted by Gasteiger charge is -2.20. The predicted octanol–water partition coefficient (Wildman–Crippen LogP) is 3.39. The van der Waals surface area contributed by atoms with Crippen LogP contribution in [0.25, 0.3) is 0 Å². The monoisotopic (exact) mass is 359 g/mol. The third-order valence-electron chi connectivity index (χ3n) is 3.13. The van der Waals surface area contributed by atoms with Crippen LogP contribution in [0.5, 0.6) is 0 Å². The van der Waals surface area contributed by atoms with Crippen molar-refractivity contribution in [2.45, 2.75) is 32.1 Å². The molecular weight excluding hydrogens is 338 g/mol. The first-order chi connectivity index (χ1) is 9.49. The highest BCUT2D eigenvalue weighted by Crippen LogP contribution is 2.28. The van der Waals surface area contributed by atoms with Crippen molar-refractivity contribution < 1.29 is 9.90 Å². The van der Waals surface area contributed by atoms with Gasteiger partial charge in [0.25, 0.3) is 0 Å². The summed E-state index contributed by atoms with van der Waals surface area (Å²) in [6, 6.07) is 4.20.